The first-order valence-electron chi connectivity index (χ1n) is 6.24. The van der Waals surface area contributed by atoms with E-state index in [1.54, 1.807) is 0 Å². The first-order valence-corrected chi connectivity index (χ1v) is 6.24. The summed E-state index contributed by atoms with van der Waals surface area (Å²) in [6.07, 6.45) is 0.660. The van der Waals surface area contributed by atoms with Crippen molar-refractivity contribution < 1.29 is 4.79 Å². The van der Waals surface area contributed by atoms with E-state index in [1.165, 1.54) is 0 Å². The van der Waals surface area contributed by atoms with Gasteiger partial charge in [-0.25, -0.2) is 0 Å². The van der Waals surface area contributed by atoms with Gasteiger partial charge in [-0.3, -0.25) is 4.79 Å². The van der Waals surface area contributed by atoms with Crippen molar-refractivity contribution in [2.75, 3.05) is 0 Å². The summed E-state index contributed by atoms with van der Waals surface area (Å²) in [6, 6.07) is 0.367. The Bertz CT molecular complexity index is 232. The highest BCUT2D eigenvalue weighted by molar-refractivity contribution is 5.83. The summed E-state index contributed by atoms with van der Waals surface area (Å²) in [4.78, 5) is 11.9. The average Bonchev–Trinajstić information content (AvgIpc) is 1.98. The molecular weight excluding hydrogens is 198 g/mol. The topological polar surface area (TPSA) is 29.1 Å². The summed E-state index contributed by atoms with van der Waals surface area (Å²) < 4.78 is 0. The maximum atomic E-state index is 11.9. The lowest BCUT2D eigenvalue weighted by Crippen LogP contribution is -2.45. The fourth-order valence-corrected chi connectivity index (χ4v) is 1.60. The van der Waals surface area contributed by atoms with Crippen molar-refractivity contribution in [2.24, 2.45) is 11.3 Å². The molecule has 2 heteroatoms. The van der Waals surface area contributed by atoms with Crippen LogP contribution in [0.4, 0.5) is 0 Å². The summed E-state index contributed by atoms with van der Waals surface area (Å²) >= 11 is 0. The number of hydrogen-bond donors (Lipinski definition) is 1. The molecule has 0 aliphatic rings. The zero-order valence-corrected chi connectivity index (χ0v) is 12.3. The normalized spacial score (nSPS) is 17.0. The maximum absolute atomic E-state index is 11.9. The van der Waals surface area contributed by atoms with Crippen molar-refractivity contribution in [3.8, 4) is 0 Å². The zero-order chi connectivity index (χ0) is 13.1. The molecule has 0 heterocycles. The number of nitrogens with one attached hydrogen (secondary N) is 1. The minimum atomic E-state index is -0.213. The van der Waals surface area contributed by atoms with E-state index in [9.17, 15) is 4.79 Å². The number of rotatable bonds is 4. The lowest BCUT2D eigenvalue weighted by Gasteiger charge is -2.31. The molecule has 0 aliphatic carbocycles. The zero-order valence-electron chi connectivity index (χ0n) is 12.3. The van der Waals surface area contributed by atoms with E-state index < -0.39 is 0 Å². The monoisotopic (exact) mass is 227 g/mol. The molecule has 0 saturated heterocycles. The SMILES string of the molecule is CC(CC(=O)C(C)(C)C)C(C)NC(C)(C)C. The molecule has 0 fully saturated rings. The van der Waals surface area contributed by atoms with Crippen molar-refractivity contribution in [2.45, 2.75) is 73.4 Å². The van der Waals surface area contributed by atoms with Crippen LogP contribution in [0.2, 0.25) is 0 Å². The van der Waals surface area contributed by atoms with Crippen LogP contribution < -0.4 is 5.32 Å². The standard InChI is InChI=1S/C14H29NO/c1-10(9-12(16)13(3,4)5)11(2)15-14(6,7)8/h10-11,15H,9H2,1-8H3. The van der Waals surface area contributed by atoms with Gasteiger partial charge in [-0.15, -0.1) is 0 Å². The Hall–Kier alpha value is -0.370. The van der Waals surface area contributed by atoms with Gasteiger partial charge in [0.25, 0.3) is 0 Å². The minimum absolute atomic E-state index is 0.110. The molecule has 2 nitrogen and oxygen atoms in total. The smallest absolute Gasteiger partial charge is 0.138 e. The number of Topliss-reactive ketones (excluding diaryl/α,β-unsaturated/α-hetero) is 1. The lowest BCUT2D eigenvalue weighted by atomic mass is 9.83. The first-order chi connectivity index (χ1) is 6.93. The molecule has 1 N–H and O–H groups in total. The van der Waals surface area contributed by atoms with Crippen LogP contribution >= 0.6 is 0 Å². The van der Waals surface area contributed by atoms with Crippen molar-refractivity contribution >= 4 is 5.78 Å². The first kappa shape index (κ1) is 15.6. The Morgan fingerprint density at radius 2 is 1.50 bits per heavy atom. The second kappa shape index (κ2) is 5.31. The molecule has 0 radical (unpaired) electrons. The average molecular weight is 227 g/mol. The second-order valence-corrected chi connectivity index (χ2v) is 7.04. The fraction of sp³-hybridized carbons (Fsp3) is 0.929. The van der Waals surface area contributed by atoms with E-state index in [1.807, 2.05) is 20.8 Å². The van der Waals surface area contributed by atoms with Crippen molar-refractivity contribution in [3.63, 3.8) is 0 Å². The third kappa shape index (κ3) is 6.26. The molecule has 0 bridgehead atoms. The molecule has 0 aromatic carbocycles. The molecule has 0 amide bonds. The Morgan fingerprint density at radius 3 is 1.81 bits per heavy atom. The Morgan fingerprint density at radius 1 is 1.06 bits per heavy atom. The molecule has 0 spiro atoms. The fourth-order valence-electron chi connectivity index (χ4n) is 1.60. The minimum Gasteiger partial charge on any atom is -0.309 e. The van der Waals surface area contributed by atoms with Gasteiger partial charge < -0.3 is 5.32 Å². The van der Waals surface area contributed by atoms with Crippen LogP contribution in [-0.4, -0.2) is 17.4 Å². The van der Waals surface area contributed by atoms with E-state index in [0.717, 1.165) is 0 Å². The molecule has 2 atom stereocenters. The Balaban J connectivity index is 4.27. The quantitative estimate of drug-likeness (QED) is 0.797. The highest BCUT2D eigenvalue weighted by atomic mass is 16.1. The van der Waals surface area contributed by atoms with Crippen molar-refractivity contribution in [1.82, 2.24) is 5.32 Å². The van der Waals surface area contributed by atoms with E-state index in [2.05, 4.69) is 39.9 Å². The highest BCUT2D eigenvalue weighted by Crippen LogP contribution is 2.21. The van der Waals surface area contributed by atoms with Gasteiger partial charge in [-0.05, 0) is 33.6 Å². The summed E-state index contributed by atoms with van der Waals surface area (Å²) in [5.41, 5.74) is -0.103. The van der Waals surface area contributed by atoms with Gasteiger partial charge >= 0.3 is 0 Å². The second-order valence-electron chi connectivity index (χ2n) is 7.04. The predicted molar refractivity (Wildman–Crippen MR) is 70.6 cm³/mol. The highest BCUT2D eigenvalue weighted by Gasteiger charge is 2.26. The molecule has 0 aromatic heterocycles. The summed E-state index contributed by atoms with van der Waals surface area (Å²) in [5, 5.41) is 3.52. The van der Waals surface area contributed by atoms with Gasteiger partial charge in [0.05, 0.1) is 0 Å². The molecular formula is C14H29NO. The van der Waals surface area contributed by atoms with Crippen LogP contribution in [0.15, 0.2) is 0 Å². The maximum Gasteiger partial charge on any atom is 0.138 e. The number of ketones is 1. The molecule has 0 saturated carbocycles. The van der Waals surface area contributed by atoms with Crippen LogP contribution in [0, 0.1) is 11.3 Å². The molecule has 0 aromatic rings. The number of carbonyl (C=O) groups excluding carboxylic acids is 1. The number of hydrogen-bond acceptors (Lipinski definition) is 2. The molecule has 96 valence electrons. The Labute approximate surface area is 101 Å². The van der Waals surface area contributed by atoms with Gasteiger partial charge in [0.1, 0.15) is 5.78 Å². The Kier molecular flexibility index (Phi) is 5.18. The molecule has 16 heavy (non-hydrogen) atoms. The third-order valence-electron chi connectivity index (χ3n) is 2.86. The molecule has 2 unspecified atom stereocenters. The van der Waals surface area contributed by atoms with Crippen LogP contribution in [-0.2, 0) is 4.79 Å². The van der Waals surface area contributed by atoms with Crippen LogP contribution in [0.3, 0.4) is 0 Å². The van der Waals surface area contributed by atoms with E-state index in [4.69, 9.17) is 0 Å². The van der Waals surface area contributed by atoms with Crippen molar-refractivity contribution in [1.29, 1.82) is 0 Å². The van der Waals surface area contributed by atoms with E-state index >= 15 is 0 Å². The summed E-state index contributed by atoms with van der Waals surface area (Å²) in [6.45, 7) is 16.7. The van der Waals surface area contributed by atoms with Crippen LogP contribution in [0.5, 0.6) is 0 Å². The van der Waals surface area contributed by atoms with E-state index in [0.29, 0.717) is 24.2 Å². The van der Waals surface area contributed by atoms with Gasteiger partial charge in [0, 0.05) is 23.4 Å². The van der Waals surface area contributed by atoms with Gasteiger partial charge in [-0.1, -0.05) is 27.7 Å². The van der Waals surface area contributed by atoms with E-state index in [-0.39, 0.29) is 11.0 Å². The summed E-state index contributed by atoms with van der Waals surface area (Å²) in [5.74, 6) is 0.730. The summed E-state index contributed by atoms with van der Waals surface area (Å²) in [7, 11) is 0. The van der Waals surface area contributed by atoms with Gasteiger partial charge in [-0.2, -0.15) is 0 Å². The molecule has 0 aliphatic heterocycles. The van der Waals surface area contributed by atoms with Crippen molar-refractivity contribution in [3.05, 3.63) is 0 Å². The third-order valence-corrected chi connectivity index (χ3v) is 2.86. The largest absolute Gasteiger partial charge is 0.309 e. The van der Waals surface area contributed by atoms with Gasteiger partial charge in [0.2, 0.25) is 0 Å². The van der Waals surface area contributed by atoms with Crippen LogP contribution in [0.1, 0.15) is 61.8 Å². The lowest BCUT2D eigenvalue weighted by molar-refractivity contribution is -0.127. The van der Waals surface area contributed by atoms with Crippen LogP contribution in [0.25, 0.3) is 0 Å². The molecule has 0 rings (SSSR count). The van der Waals surface area contributed by atoms with Gasteiger partial charge in [0.15, 0.2) is 0 Å². The predicted octanol–water partition coefficient (Wildman–Crippen LogP) is 3.40. The number of carbonyl (C=O) groups is 1.